The summed E-state index contributed by atoms with van der Waals surface area (Å²) < 4.78 is 6.41. The third kappa shape index (κ3) is 3.59. The van der Waals surface area contributed by atoms with Gasteiger partial charge in [-0.2, -0.15) is 0 Å². The molecule has 1 aromatic carbocycles. The molecule has 1 aliphatic heterocycles. The molecule has 2 atom stereocenters. The van der Waals surface area contributed by atoms with Crippen LogP contribution in [0.1, 0.15) is 35.9 Å². The van der Waals surface area contributed by atoms with Gasteiger partial charge in [0.15, 0.2) is 0 Å². The minimum absolute atomic E-state index is 0.161. The lowest BCUT2D eigenvalue weighted by Gasteiger charge is -2.38. The number of nitrogens with zero attached hydrogens (tertiary/aromatic N) is 3. The Labute approximate surface area is 137 Å². The van der Waals surface area contributed by atoms with E-state index in [1.807, 2.05) is 19.3 Å². The van der Waals surface area contributed by atoms with E-state index in [9.17, 15) is 0 Å². The van der Waals surface area contributed by atoms with Crippen LogP contribution in [0.25, 0.3) is 0 Å². The Morgan fingerprint density at radius 2 is 1.91 bits per heavy atom. The van der Waals surface area contributed by atoms with Gasteiger partial charge in [-0.3, -0.25) is 14.9 Å². The highest BCUT2D eigenvalue weighted by atomic mass is 16.5. The first-order valence-electron chi connectivity index (χ1n) is 8.48. The molecule has 2 fully saturated rings. The van der Waals surface area contributed by atoms with Crippen LogP contribution >= 0.6 is 0 Å². The van der Waals surface area contributed by atoms with Crippen molar-refractivity contribution in [2.75, 3.05) is 13.1 Å². The topological polar surface area (TPSA) is 38.2 Å². The molecule has 0 amide bonds. The van der Waals surface area contributed by atoms with E-state index in [1.165, 1.54) is 18.4 Å². The second-order valence-corrected chi connectivity index (χ2v) is 6.75. The summed E-state index contributed by atoms with van der Waals surface area (Å²) >= 11 is 0. The molecule has 2 aromatic rings. The molecule has 1 saturated heterocycles. The Balaban J connectivity index is 1.50. The van der Waals surface area contributed by atoms with Gasteiger partial charge in [0.2, 0.25) is 0 Å². The standard InChI is InChI=1S/C19H23N3O/c1-14-9-21-17(10-20-14)11-22-12-18(15-5-3-2-4-6-15)23-19(13-22)16-7-8-16/h2-6,9-10,16,18-19H,7-8,11-13H2,1H3/t18-,19+/m0/s1. The van der Waals surface area contributed by atoms with E-state index in [2.05, 4.69) is 45.2 Å². The summed E-state index contributed by atoms with van der Waals surface area (Å²) in [5, 5.41) is 0. The number of rotatable bonds is 4. The van der Waals surface area contributed by atoms with Crippen LogP contribution in [0.5, 0.6) is 0 Å². The van der Waals surface area contributed by atoms with E-state index in [-0.39, 0.29) is 6.10 Å². The van der Waals surface area contributed by atoms with Gasteiger partial charge in [0.05, 0.1) is 23.6 Å². The number of hydrogen-bond acceptors (Lipinski definition) is 4. The first-order chi connectivity index (χ1) is 11.3. The van der Waals surface area contributed by atoms with E-state index in [0.29, 0.717) is 6.10 Å². The second-order valence-electron chi connectivity index (χ2n) is 6.75. The maximum absolute atomic E-state index is 6.41. The first kappa shape index (κ1) is 14.8. The highest BCUT2D eigenvalue weighted by molar-refractivity contribution is 5.19. The van der Waals surface area contributed by atoms with Crippen LogP contribution in [0.3, 0.4) is 0 Å². The predicted octanol–water partition coefficient (Wildman–Crippen LogP) is 3.14. The van der Waals surface area contributed by atoms with Crippen LogP contribution in [0, 0.1) is 12.8 Å². The summed E-state index contributed by atoms with van der Waals surface area (Å²) in [6, 6.07) is 10.6. The number of aryl methyl sites for hydroxylation is 1. The van der Waals surface area contributed by atoms with Gasteiger partial charge >= 0.3 is 0 Å². The summed E-state index contributed by atoms with van der Waals surface area (Å²) in [4.78, 5) is 11.4. The first-order valence-corrected chi connectivity index (χ1v) is 8.48. The third-order valence-corrected chi connectivity index (χ3v) is 4.74. The fraction of sp³-hybridized carbons (Fsp3) is 0.474. The summed E-state index contributed by atoms with van der Waals surface area (Å²) in [6.45, 7) is 4.75. The van der Waals surface area contributed by atoms with Crippen molar-refractivity contribution in [3.63, 3.8) is 0 Å². The molecule has 0 spiro atoms. The van der Waals surface area contributed by atoms with Crippen molar-refractivity contribution in [2.24, 2.45) is 5.92 Å². The van der Waals surface area contributed by atoms with Crippen molar-refractivity contribution < 1.29 is 4.74 Å². The molecule has 2 aliphatic rings. The fourth-order valence-electron chi connectivity index (χ4n) is 3.30. The van der Waals surface area contributed by atoms with Crippen LogP contribution in [0.4, 0.5) is 0 Å². The summed E-state index contributed by atoms with van der Waals surface area (Å²) in [5.41, 5.74) is 3.28. The largest absolute Gasteiger partial charge is 0.367 e. The molecule has 120 valence electrons. The lowest BCUT2D eigenvalue weighted by molar-refractivity contribution is -0.0988. The summed E-state index contributed by atoms with van der Waals surface area (Å²) in [5.74, 6) is 0.744. The lowest BCUT2D eigenvalue weighted by Crippen LogP contribution is -2.44. The van der Waals surface area contributed by atoms with Crippen molar-refractivity contribution in [3.05, 3.63) is 59.7 Å². The average molecular weight is 309 g/mol. The molecule has 1 saturated carbocycles. The van der Waals surface area contributed by atoms with E-state index in [1.54, 1.807) is 0 Å². The Kier molecular flexibility index (Phi) is 4.10. The minimum Gasteiger partial charge on any atom is -0.367 e. The third-order valence-electron chi connectivity index (χ3n) is 4.74. The second kappa shape index (κ2) is 6.38. The number of ether oxygens (including phenoxy) is 1. The highest BCUT2D eigenvalue weighted by Gasteiger charge is 2.38. The van der Waals surface area contributed by atoms with E-state index >= 15 is 0 Å². The molecule has 0 unspecified atom stereocenters. The van der Waals surface area contributed by atoms with Gasteiger partial charge in [0.25, 0.3) is 0 Å². The molecule has 1 aromatic heterocycles. The number of morpholine rings is 1. The van der Waals surface area contributed by atoms with Gasteiger partial charge < -0.3 is 4.74 Å². The Morgan fingerprint density at radius 1 is 1.09 bits per heavy atom. The maximum Gasteiger partial charge on any atom is 0.0956 e. The number of hydrogen-bond donors (Lipinski definition) is 0. The summed E-state index contributed by atoms with van der Waals surface area (Å²) in [7, 11) is 0. The van der Waals surface area contributed by atoms with Crippen LogP contribution < -0.4 is 0 Å². The van der Waals surface area contributed by atoms with Crippen molar-refractivity contribution >= 4 is 0 Å². The Bertz CT molecular complexity index is 639. The average Bonchev–Trinajstić information content (AvgIpc) is 3.43. The van der Waals surface area contributed by atoms with E-state index in [4.69, 9.17) is 4.74 Å². The Hall–Kier alpha value is -1.78. The molecule has 4 rings (SSSR count). The number of aromatic nitrogens is 2. The zero-order valence-corrected chi connectivity index (χ0v) is 13.6. The quantitative estimate of drug-likeness (QED) is 0.869. The molecule has 0 N–H and O–H groups in total. The van der Waals surface area contributed by atoms with E-state index in [0.717, 1.165) is 36.9 Å². The predicted molar refractivity (Wildman–Crippen MR) is 88.8 cm³/mol. The van der Waals surface area contributed by atoms with E-state index < -0.39 is 0 Å². The summed E-state index contributed by atoms with van der Waals surface area (Å²) in [6.07, 6.45) is 6.88. The smallest absolute Gasteiger partial charge is 0.0956 e. The molecular weight excluding hydrogens is 286 g/mol. The molecule has 0 radical (unpaired) electrons. The van der Waals surface area contributed by atoms with Crippen molar-refractivity contribution in [2.45, 2.75) is 38.5 Å². The van der Waals surface area contributed by atoms with Crippen LogP contribution in [-0.2, 0) is 11.3 Å². The zero-order chi connectivity index (χ0) is 15.6. The molecule has 1 aliphatic carbocycles. The fourth-order valence-corrected chi connectivity index (χ4v) is 3.30. The molecule has 4 heteroatoms. The molecule has 2 heterocycles. The van der Waals surface area contributed by atoms with Gasteiger partial charge in [-0.05, 0) is 31.2 Å². The molecule has 4 nitrogen and oxygen atoms in total. The lowest BCUT2D eigenvalue weighted by atomic mass is 10.0. The molecule has 23 heavy (non-hydrogen) atoms. The van der Waals surface area contributed by atoms with Gasteiger partial charge in [-0.15, -0.1) is 0 Å². The van der Waals surface area contributed by atoms with Gasteiger partial charge in [0, 0.05) is 32.0 Å². The van der Waals surface area contributed by atoms with Crippen molar-refractivity contribution in [3.8, 4) is 0 Å². The van der Waals surface area contributed by atoms with Gasteiger partial charge in [0.1, 0.15) is 0 Å². The number of benzene rings is 1. The van der Waals surface area contributed by atoms with Crippen LogP contribution in [0.2, 0.25) is 0 Å². The van der Waals surface area contributed by atoms with Gasteiger partial charge in [-0.1, -0.05) is 30.3 Å². The normalized spacial score (nSPS) is 25.4. The van der Waals surface area contributed by atoms with Crippen molar-refractivity contribution in [1.29, 1.82) is 0 Å². The Morgan fingerprint density at radius 3 is 2.61 bits per heavy atom. The van der Waals surface area contributed by atoms with Gasteiger partial charge in [-0.25, -0.2) is 0 Å². The van der Waals surface area contributed by atoms with Crippen LogP contribution in [0.15, 0.2) is 42.7 Å². The zero-order valence-electron chi connectivity index (χ0n) is 13.6. The highest BCUT2D eigenvalue weighted by Crippen LogP contribution is 2.39. The minimum atomic E-state index is 0.161. The van der Waals surface area contributed by atoms with Crippen LogP contribution in [-0.4, -0.2) is 34.1 Å². The maximum atomic E-state index is 6.41. The molecular formula is C19H23N3O. The van der Waals surface area contributed by atoms with Crippen molar-refractivity contribution in [1.82, 2.24) is 14.9 Å². The monoisotopic (exact) mass is 309 g/mol. The SMILES string of the molecule is Cc1cnc(CN2C[C@@H](c3ccccc3)O[C@@H](C3CC3)C2)cn1. The molecule has 0 bridgehead atoms.